The molecule has 2 rings (SSSR count). The van der Waals surface area contributed by atoms with E-state index < -0.39 is 30.2 Å². The van der Waals surface area contributed by atoms with Crippen molar-refractivity contribution in [1.29, 1.82) is 0 Å². The Morgan fingerprint density at radius 3 is 2.55 bits per heavy atom. The Bertz CT molecular complexity index is 911. The molecule has 168 valence electrons. The molecule has 0 aliphatic rings. The van der Waals surface area contributed by atoms with Crippen LogP contribution in [0.3, 0.4) is 0 Å². The second-order valence-electron chi connectivity index (χ2n) is 5.98. The van der Waals surface area contributed by atoms with Crippen molar-refractivity contribution >= 4 is 40.9 Å². The Morgan fingerprint density at radius 2 is 1.87 bits per heavy atom. The maximum atomic E-state index is 13.0. The van der Waals surface area contributed by atoms with Crippen molar-refractivity contribution in [2.75, 3.05) is 38.0 Å². The molecule has 6 nitrogen and oxygen atoms in total. The van der Waals surface area contributed by atoms with Crippen LogP contribution in [0.1, 0.15) is 5.56 Å². The van der Waals surface area contributed by atoms with Crippen LogP contribution in [-0.4, -0.2) is 44.6 Å². The quantitative estimate of drug-likeness (QED) is 0.305. The highest BCUT2D eigenvalue weighted by molar-refractivity contribution is 8.00. The summed E-state index contributed by atoms with van der Waals surface area (Å²) in [6.07, 6.45) is -4.60. The third kappa shape index (κ3) is 8.31. The van der Waals surface area contributed by atoms with Crippen molar-refractivity contribution in [3.05, 3.63) is 53.1 Å². The maximum absolute atomic E-state index is 13.0. The van der Waals surface area contributed by atoms with E-state index in [2.05, 4.69) is 5.32 Å². The first-order valence-corrected chi connectivity index (χ1v) is 10.2. The van der Waals surface area contributed by atoms with E-state index in [0.717, 1.165) is 30.0 Å². The number of halogens is 4. The minimum atomic E-state index is -4.60. The summed E-state index contributed by atoms with van der Waals surface area (Å²) in [4.78, 5) is 24.6. The number of methoxy groups -OCH3 is 1. The highest BCUT2D eigenvalue weighted by atomic mass is 35.5. The van der Waals surface area contributed by atoms with E-state index in [0.29, 0.717) is 9.92 Å². The number of thioether (sulfide) groups is 1. The Morgan fingerprint density at radius 1 is 1.13 bits per heavy atom. The summed E-state index contributed by atoms with van der Waals surface area (Å²) in [5.74, 6) is -1.56. The summed E-state index contributed by atoms with van der Waals surface area (Å²) in [7, 11) is 1.44. The monoisotopic (exact) mass is 477 g/mol. The van der Waals surface area contributed by atoms with Crippen LogP contribution >= 0.6 is 23.4 Å². The van der Waals surface area contributed by atoms with Gasteiger partial charge in [0.15, 0.2) is 6.61 Å². The third-order valence-electron chi connectivity index (χ3n) is 3.67. The number of amides is 1. The van der Waals surface area contributed by atoms with E-state index in [1.54, 1.807) is 24.3 Å². The lowest BCUT2D eigenvalue weighted by atomic mass is 10.1. The first-order valence-electron chi connectivity index (χ1n) is 8.86. The summed E-state index contributed by atoms with van der Waals surface area (Å²) in [6, 6.07) is 9.58. The van der Waals surface area contributed by atoms with Crippen molar-refractivity contribution in [3.63, 3.8) is 0 Å². The van der Waals surface area contributed by atoms with E-state index >= 15 is 0 Å². The zero-order valence-electron chi connectivity index (χ0n) is 16.3. The average Bonchev–Trinajstić information content (AvgIpc) is 2.72. The molecule has 0 saturated heterocycles. The summed E-state index contributed by atoms with van der Waals surface area (Å²) in [6.45, 7) is -0.399. The first kappa shape index (κ1) is 24.8. The van der Waals surface area contributed by atoms with Gasteiger partial charge >= 0.3 is 12.1 Å². The van der Waals surface area contributed by atoms with E-state index in [1.807, 2.05) is 0 Å². The molecule has 0 aliphatic heterocycles. The molecule has 0 heterocycles. The van der Waals surface area contributed by atoms with E-state index in [1.165, 1.54) is 7.11 Å². The lowest BCUT2D eigenvalue weighted by Gasteiger charge is -2.15. The van der Waals surface area contributed by atoms with Gasteiger partial charge in [0.25, 0.3) is 5.91 Å². The SMILES string of the molecule is COCCOc1ccc(C(F)(F)F)cc1NC(=O)COC(=O)CSc1ccccc1Cl. The number of anilines is 1. The molecule has 0 fully saturated rings. The van der Waals surface area contributed by atoms with Gasteiger partial charge in [-0.05, 0) is 30.3 Å². The zero-order chi connectivity index (χ0) is 22.9. The van der Waals surface area contributed by atoms with Gasteiger partial charge in [-0.15, -0.1) is 11.8 Å². The fraction of sp³-hybridized carbons (Fsp3) is 0.300. The number of ether oxygens (including phenoxy) is 3. The highest BCUT2D eigenvalue weighted by Gasteiger charge is 2.31. The van der Waals surface area contributed by atoms with Gasteiger partial charge in [0.2, 0.25) is 0 Å². The van der Waals surface area contributed by atoms with Crippen LogP contribution in [-0.2, 0) is 25.2 Å². The Labute approximate surface area is 186 Å². The molecule has 0 atom stereocenters. The molecule has 0 saturated carbocycles. The summed E-state index contributed by atoms with van der Waals surface area (Å²) in [5.41, 5.74) is -1.16. The normalized spacial score (nSPS) is 11.1. The van der Waals surface area contributed by atoms with Crippen LogP contribution in [0.2, 0.25) is 5.02 Å². The third-order valence-corrected chi connectivity index (χ3v) is 5.16. The smallest absolute Gasteiger partial charge is 0.416 e. The fourth-order valence-corrected chi connectivity index (χ4v) is 3.27. The van der Waals surface area contributed by atoms with Crippen molar-refractivity contribution < 1.29 is 37.0 Å². The van der Waals surface area contributed by atoms with Crippen molar-refractivity contribution in [2.24, 2.45) is 0 Å². The van der Waals surface area contributed by atoms with Crippen LogP contribution < -0.4 is 10.1 Å². The number of esters is 1. The molecule has 11 heteroatoms. The second kappa shape index (κ2) is 11.8. The number of rotatable bonds is 10. The number of hydrogen-bond donors (Lipinski definition) is 1. The Kier molecular flexibility index (Phi) is 9.47. The molecule has 0 aromatic heterocycles. The van der Waals surface area contributed by atoms with Gasteiger partial charge < -0.3 is 19.5 Å². The van der Waals surface area contributed by atoms with Gasteiger partial charge in [0, 0.05) is 12.0 Å². The molecule has 2 aromatic rings. The molecule has 2 aromatic carbocycles. The number of hydrogen-bond acceptors (Lipinski definition) is 6. The van der Waals surface area contributed by atoms with Gasteiger partial charge in [-0.25, -0.2) is 0 Å². The zero-order valence-corrected chi connectivity index (χ0v) is 17.9. The minimum Gasteiger partial charge on any atom is -0.489 e. The van der Waals surface area contributed by atoms with Gasteiger partial charge in [-0.3, -0.25) is 9.59 Å². The van der Waals surface area contributed by atoms with Crippen LogP contribution in [0, 0.1) is 0 Å². The number of alkyl halides is 3. The topological polar surface area (TPSA) is 73.9 Å². The maximum Gasteiger partial charge on any atom is 0.416 e. The van der Waals surface area contributed by atoms with Crippen molar-refractivity contribution in [2.45, 2.75) is 11.1 Å². The molecule has 0 bridgehead atoms. The van der Waals surface area contributed by atoms with E-state index in [-0.39, 0.29) is 30.4 Å². The molecule has 1 amide bonds. The molecular formula is C20H19ClF3NO5S. The molecule has 0 radical (unpaired) electrons. The molecule has 0 unspecified atom stereocenters. The molecule has 1 N–H and O–H groups in total. The summed E-state index contributed by atoms with van der Waals surface area (Å²) in [5, 5.41) is 2.75. The average molecular weight is 478 g/mol. The van der Waals surface area contributed by atoms with E-state index in [9.17, 15) is 22.8 Å². The highest BCUT2D eigenvalue weighted by Crippen LogP contribution is 2.35. The van der Waals surface area contributed by atoms with E-state index in [4.69, 9.17) is 25.8 Å². The van der Waals surface area contributed by atoms with Gasteiger partial charge in [-0.2, -0.15) is 13.2 Å². The summed E-state index contributed by atoms with van der Waals surface area (Å²) < 4.78 is 54.0. The lowest BCUT2D eigenvalue weighted by molar-refractivity contribution is -0.144. The standard InChI is InChI=1S/C20H19ClF3NO5S/c1-28-8-9-29-16-7-6-13(20(22,23)24)10-15(16)25-18(26)11-30-19(27)12-31-17-5-3-2-4-14(17)21/h2-7,10H,8-9,11-12H2,1H3,(H,25,26). The number of benzene rings is 2. The number of carbonyl (C=O) groups is 2. The number of nitrogens with one attached hydrogen (secondary N) is 1. The Balaban J connectivity index is 1.94. The predicted octanol–water partition coefficient (Wildman–Crippen LogP) is 4.66. The van der Waals surface area contributed by atoms with Gasteiger partial charge in [-0.1, -0.05) is 23.7 Å². The van der Waals surface area contributed by atoms with Crippen LogP contribution in [0.25, 0.3) is 0 Å². The Hall–Kier alpha value is -2.43. The minimum absolute atomic E-state index is 0.0269. The van der Waals surface area contributed by atoms with Crippen LogP contribution in [0.5, 0.6) is 5.75 Å². The molecular weight excluding hydrogens is 459 g/mol. The van der Waals surface area contributed by atoms with Crippen LogP contribution in [0.15, 0.2) is 47.4 Å². The van der Waals surface area contributed by atoms with Gasteiger partial charge in [0.1, 0.15) is 12.4 Å². The molecule has 0 aliphatic carbocycles. The predicted molar refractivity (Wildman–Crippen MR) is 111 cm³/mol. The molecule has 0 spiro atoms. The first-order chi connectivity index (χ1) is 14.7. The van der Waals surface area contributed by atoms with Crippen molar-refractivity contribution in [1.82, 2.24) is 0 Å². The van der Waals surface area contributed by atoms with Crippen LogP contribution in [0.4, 0.5) is 18.9 Å². The fourth-order valence-electron chi connectivity index (χ4n) is 2.24. The second-order valence-corrected chi connectivity index (χ2v) is 7.40. The largest absolute Gasteiger partial charge is 0.489 e. The van der Waals surface area contributed by atoms with Gasteiger partial charge in [0.05, 0.1) is 28.6 Å². The molecule has 31 heavy (non-hydrogen) atoms. The van der Waals surface area contributed by atoms with Crippen molar-refractivity contribution in [3.8, 4) is 5.75 Å². The lowest BCUT2D eigenvalue weighted by Crippen LogP contribution is -2.22. The summed E-state index contributed by atoms with van der Waals surface area (Å²) >= 11 is 7.13. The number of carbonyl (C=O) groups excluding carboxylic acids is 2.